The molecule has 0 aliphatic heterocycles. The quantitative estimate of drug-likeness (QED) is 0.690. The first-order valence-corrected chi connectivity index (χ1v) is 5.35. The standard InChI is InChI=1S/C15H14O/c1-11-5-3-6-13-7-4-8-14(15(11)13)10-9-12(2)16/h3-10H,1-2H3/b10-9+. The number of benzene rings is 2. The molecule has 0 atom stereocenters. The Labute approximate surface area is 95.4 Å². The summed E-state index contributed by atoms with van der Waals surface area (Å²) in [5.74, 6) is 0.0746. The first-order chi connectivity index (χ1) is 7.68. The number of rotatable bonds is 2. The Hall–Kier alpha value is -1.89. The van der Waals surface area contributed by atoms with E-state index in [1.54, 1.807) is 13.0 Å². The van der Waals surface area contributed by atoms with Crippen molar-refractivity contribution in [2.24, 2.45) is 0 Å². The van der Waals surface area contributed by atoms with Crippen molar-refractivity contribution in [3.8, 4) is 0 Å². The van der Waals surface area contributed by atoms with Gasteiger partial charge in [0.1, 0.15) is 0 Å². The van der Waals surface area contributed by atoms with Gasteiger partial charge in [0.2, 0.25) is 0 Å². The maximum atomic E-state index is 11.0. The second-order valence-corrected chi connectivity index (χ2v) is 3.96. The van der Waals surface area contributed by atoms with E-state index in [1.807, 2.05) is 18.2 Å². The van der Waals surface area contributed by atoms with E-state index in [2.05, 4.69) is 31.2 Å². The van der Waals surface area contributed by atoms with Gasteiger partial charge in [-0.1, -0.05) is 42.5 Å². The van der Waals surface area contributed by atoms with Crippen molar-refractivity contribution in [1.29, 1.82) is 0 Å². The fraction of sp³-hybridized carbons (Fsp3) is 0.133. The molecule has 0 unspecified atom stereocenters. The molecule has 2 aromatic carbocycles. The van der Waals surface area contributed by atoms with Gasteiger partial charge >= 0.3 is 0 Å². The molecule has 0 aliphatic rings. The highest BCUT2D eigenvalue weighted by Gasteiger charge is 2.00. The van der Waals surface area contributed by atoms with E-state index in [0.717, 1.165) is 5.56 Å². The van der Waals surface area contributed by atoms with Crippen molar-refractivity contribution in [3.63, 3.8) is 0 Å². The SMILES string of the molecule is CC(=O)/C=C/c1cccc2cccc(C)c12. The van der Waals surface area contributed by atoms with Crippen LogP contribution in [0.15, 0.2) is 42.5 Å². The summed E-state index contributed by atoms with van der Waals surface area (Å²) in [4.78, 5) is 11.0. The zero-order valence-electron chi connectivity index (χ0n) is 9.53. The zero-order chi connectivity index (χ0) is 11.5. The molecule has 0 aromatic heterocycles. The molecule has 0 N–H and O–H groups in total. The number of hydrogen-bond donors (Lipinski definition) is 0. The summed E-state index contributed by atoms with van der Waals surface area (Å²) in [7, 11) is 0. The lowest BCUT2D eigenvalue weighted by atomic mass is 9.99. The van der Waals surface area contributed by atoms with E-state index in [9.17, 15) is 4.79 Å². The van der Waals surface area contributed by atoms with Gasteiger partial charge in [-0.3, -0.25) is 4.79 Å². The smallest absolute Gasteiger partial charge is 0.152 e. The number of allylic oxidation sites excluding steroid dienone is 1. The van der Waals surface area contributed by atoms with Gasteiger partial charge in [0.05, 0.1) is 0 Å². The van der Waals surface area contributed by atoms with E-state index in [4.69, 9.17) is 0 Å². The minimum absolute atomic E-state index is 0.0746. The number of carbonyl (C=O) groups excluding carboxylic acids is 1. The van der Waals surface area contributed by atoms with E-state index in [-0.39, 0.29) is 5.78 Å². The average Bonchev–Trinajstić information content (AvgIpc) is 2.26. The Kier molecular flexibility index (Phi) is 2.86. The van der Waals surface area contributed by atoms with Crippen LogP contribution in [0.25, 0.3) is 16.8 Å². The van der Waals surface area contributed by atoms with Gasteiger partial charge in [0.25, 0.3) is 0 Å². The van der Waals surface area contributed by atoms with Crippen molar-refractivity contribution in [2.45, 2.75) is 13.8 Å². The fourth-order valence-corrected chi connectivity index (χ4v) is 1.91. The molecule has 0 saturated heterocycles. The first kappa shape index (κ1) is 10.6. The molecule has 1 heteroatoms. The third kappa shape index (κ3) is 2.03. The lowest BCUT2D eigenvalue weighted by molar-refractivity contribution is -0.112. The van der Waals surface area contributed by atoms with Gasteiger partial charge in [-0.05, 0) is 41.8 Å². The fourth-order valence-electron chi connectivity index (χ4n) is 1.91. The van der Waals surface area contributed by atoms with E-state index in [1.165, 1.54) is 16.3 Å². The van der Waals surface area contributed by atoms with Gasteiger partial charge < -0.3 is 0 Å². The molecule has 0 spiro atoms. The molecule has 0 fully saturated rings. The summed E-state index contributed by atoms with van der Waals surface area (Å²) in [6.07, 6.45) is 3.50. The first-order valence-electron chi connectivity index (χ1n) is 5.35. The van der Waals surface area contributed by atoms with Crippen LogP contribution >= 0.6 is 0 Å². The summed E-state index contributed by atoms with van der Waals surface area (Å²) in [5.41, 5.74) is 2.34. The minimum atomic E-state index is 0.0746. The van der Waals surface area contributed by atoms with Gasteiger partial charge in [0.15, 0.2) is 5.78 Å². The molecule has 0 bridgehead atoms. The highest BCUT2D eigenvalue weighted by Crippen LogP contribution is 2.23. The maximum Gasteiger partial charge on any atom is 0.152 e. The van der Waals surface area contributed by atoms with Crippen molar-refractivity contribution in [1.82, 2.24) is 0 Å². The second kappa shape index (κ2) is 4.31. The Morgan fingerprint density at radius 1 is 1.12 bits per heavy atom. The van der Waals surface area contributed by atoms with Crippen molar-refractivity contribution < 1.29 is 4.79 Å². The largest absolute Gasteiger partial charge is 0.295 e. The Morgan fingerprint density at radius 3 is 2.50 bits per heavy atom. The molecule has 2 rings (SSSR count). The van der Waals surface area contributed by atoms with Gasteiger partial charge in [-0.2, -0.15) is 0 Å². The highest BCUT2D eigenvalue weighted by atomic mass is 16.1. The van der Waals surface area contributed by atoms with Crippen LogP contribution in [0.3, 0.4) is 0 Å². The van der Waals surface area contributed by atoms with Crippen molar-refractivity contribution in [3.05, 3.63) is 53.6 Å². The molecular formula is C15H14O. The highest BCUT2D eigenvalue weighted by molar-refractivity contribution is 5.97. The van der Waals surface area contributed by atoms with E-state index >= 15 is 0 Å². The van der Waals surface area contributed by atoms with Crippen LogP contribution < -0.4 is 0 Å². The third-order valence-electron chi connectivity index (χ3n) is 2.64. The number of ketones is 1. The van der Waals surface area contributed by atoms with Crippen LogP contribution in [0.5, 0.6) is 0 Å². The summed E-state index contributed by atoms with van der Waals surface area (Å²) >= 11 is 0. The molecule has 0 amide bonds. The van der Waals surface area contributed by atoms with E-state index < -0.39 is 0 Å². The summed E-state index contributed by atoms with van der Waals surface area (Å²) in [5, 5.41) is 2.44. The van der Waals surface area contributed by atoms with Gasteiger partial charge in [-0.25, -0.2) is 0 Å². The molecule has 0 aliphatic carbocycles. The third-order valence-corrected chi connectivity index (χ3v) is 2.64. The van der Waals surface area contributed by atoms with Crippen LogP contribution in [-0.4, -0.2) is 5.78 Å². The molecule has 16 heavy (non-hydrogen) atoms. The Morgan fingerprint density at radius 2 is 1.81 bits per heavy atom. The number of aryl methyl sites for hydroxylation is 1. The Balaban J connectivity index is 2.65. The number of fused-ring (bicyclic) bond motifs is 1. The van der Waals surface area contributed by atoms with Crippen molar-refractivity contribution in [2.75, 3.05) is 0 Å². The molecular weight excluding hydrogens is 196 g/mol. The van der Waals surface area contributed by atoms with Crippen LogP contribution in [0, 0.1) is 6.92 Å². The second-order valence-electron chi connectivity index (χ2n) is 3.96. The summed E-state index contributed by atoms with van der Waals surface area (Å²) < 4.78 is 0. The predicted molar refractivity (Wildman–Crippen MR) is 68.4 cm³/mol. The number of carbonyl (C=O) groups is 1. The lowest BCUT2D eigenvalue weighted by Crippen LogP contribution is -1.84. The normalized spacial score (nSPS) is 11.1. The molecule has 0 saturated carbocycles. The zero-order valence-corrected chi connectivity index (χ0v) is 9.53. The van der Waals surface area contributed by atoms with Gasteiger partial charge in [-0.15, -0.1) is 0 Å². The average molecular weight is 210 g/mol. The molecule has 80 valence electrons. The van der Waals surface area contributed by atoms with Crippen LogP contribution in [0.4, 0.5) is 0 Å². The maximum absolute atomic E-state index is 11.0. The van der Waals surface area contributed by atoms with Crippen LogP contribution in [0.1, 0.15) is 18.1 Å². The summed E-state index contributed by atoms with van der Waals surface area (Å²) in [6, 6.07) is 12.4. The van der Waals surface area contributed by atoms with Crippen LogP contribution in [0.2, 0.25) is 0 Å². The lowest BCUT2D eigenvalue weighted by Gasteiger charge is -2.05. The minimum Gasteiger partial charge on any atom is -0.295 e. The molecule has 1 nitrogen and oxygen atoms in total. The van der Waals surface area contributed by atoms with Crippen molar-refractivity contribution >= 4 is 22.6 Å². The molecule has 0 heterocycles. The number of hydrogen-bond acceptors (Lipinski definition) is 1. The molecule has 2 aromatic rings. The summed E-state index contributed by atoms with van der Waals surface area (Å²) in [6.45, 7) is 3.65. The monoisotopic (exact) mass is 210 g/mol. The topological polar surface area (TPSA) is 17.1 Å². The Bertz CT molecular complexity index is 559. The van der Waals surface area contributed by atoms with Crippen LogP contribution in [-0.2, 0) is 4.79 Å². The molecule has 0 radical (unpaired) electrons. The van der Waals surface area contributed by atoms with E-state index in [0.29, 0.717) is 0 Å². The van der Waals surface area contributed by atoms with Gasteiger partial charge in [0, 0.05) is 0 Å². The predicted octanol–water partition coefficient (Wildman–Crippen LogP) is 3.75.